The number of carbonyl (C=O) groups is 1. The second-order valence-corrected chi connectivity index (χ2v) is 3.85. The molecule has 1 heterocycles. The van der Waals surface area contributed by atoms with E-state index in [-0.39, 0.29) is 25.0 Å². The molecule has 1 rings (SSSR count). The Hall–Kier alpha value is -0.690. The standard InChI is InChI=1S/C9H18N2O4/c1-10-9(15)7-8(14)6(13)3-5(4-12)11(7)2/h5-8,12-14H,3-4H2,1-2H3,(H,10,15). The van der Waals surface area contributed by atoms with Crippen molar-refractivity contribution in [3.63, 3.8) is 0 Å². The number of likely N-dealkylation sites (N-methyl/N-ethyl adjacent to an activating group) is 2. The molecular formula is C9H18N2O4. The number of aliphatic hydroxyl groups is 3. The van der Waals surface area contributed by atoms with E-state index >= 15 is 0 Å². The minimum Gasteiger partial charge on any atom is -0.395 e. The highest BCUT2D eigenvalue weighted by Crippen LogP contribution is 2.22. The Bertz CT molecular complexity index is 236. The van der Waals surface area contributed by atoms with E-state index in [1.165, 1.54) is 7.05 Å². The topological polar surface area (TPSA) is 93.0 Å². The Morgan fingerprint density at radius 1 is 1.53 bits per heavy atom. The van der Waals surface area contributed by atoms with Crippen LogP contribution in [0.3, 0.4) is 0 Å². The number of carbonyl (C=O) groups excluding carboxylic acids is 1. The fourth-order valence-corrected chi connectivity index (χ4v) is 1.95. The maximum atomic E-state index is 11.5. The van der Waals surface area contributed by atoms with Crippen LogP contribution in [0, 0.1) is 0 Å². The normalized spacial score (nSPS) is 37.7. The summed E-state index contributed by atoms with van der Waals surface area (Å²) < 4.78 is 0. The molecule has 6 nitrogen and oxygen atoms in total. The van der Waals surface area contributed by atoms with Crippen LogP contribution in [0.5, 0.6) is 0 Å². The van der Waals surface area contributed by atoms with E-state index in [0.717, 1.165) is 0 Å². The lowest BCUT2D eigenvalue weighted by atomic mass is 9.91. The number of rotatable bonds is 2. The van der Waals surface area contributed by atoms with Crippen molar-refractivity contribution >= 4 is 5.91 Å². The maximum Gasteiger partial charge on any atom is 0.239 e. The number of aliphatic hydroxyl groups excluding tert-OH is 3. The van der Waals surface area contributed by atoms with Crippen molar-refractivity contribution < 1.29 is 20.1 Å². The third kappa shape index (κ3) is 2.28. The molecule has 4 atom stereocenters. The van der Waals surface area contributed by atoms with Gasteiger partial charge in [0, 0.05) is 13.1 Å². The quantitative estimate of drug-likeness (QED) is 0.412. The lowest BCUT2D eigenvalue weighted by Gasteiger charge is -2.42. The first kappa shape index (κ1) is 12.4. The minimum atomic E-state index is -1.11. The summed E-state index contributed by atoms with van der Waals surface area (Å²) in [5.74, 6) is -0.359. The number of nitrogens with one attached hydrogen (secondary N) is 1. The molecule has 0 spiro atoms. The van der Waals surface area contributed by atoms with Crippen LogP contribution in [0.15, 0.2) is 0 Å². The largest absolute Gasteiger partial charge is 0.395 e. The molecule has 0 aliphatic carbocycles. The van der Waals surface area contributed by atoms with Crippen LogP contribution in [0.2, 0.25) is 0 Å². The van der Waals surface area contributed by atoms with Gasteiger partial charge in [-0.1, -0.05) is 0 Å². The second-order valence-electron chi connectivity index (χ2n) is 3.85. The van der Waals surface area contributed by atoms with Gasteiger partial charge in [0.05, 0.1) is 12.7 Å². The van der Waals surface area contributed by atoms with E-state index in [0.29, 0.717) is 0 Å². The molecule has 4 unspecified atom stereocenters. The highest BCUT2D eigenvalue weighted by molar-refractivity contribution is 5.82. The van der Waals surface area contributed by atoms with Crippen LogP contribution in [0.25, 0.3) is 0 Å². The Labute approximate surface area is 88.5 Å². The van der Waals surface area contributed by atoms with E-state index in [1.807, 2.05) is 0 Å². The zero-order valence-electron chi connectivity index (χ0n) is 8.92. The summed E-state index contributed by atoms with van der Waals surface area (Å²) in [6.45, 7) is -0.145. The number of hydrogen-bond donors (Lipinski definition) is 4. The SMILES string of the molecule is CNC(=O)C1C(O)C(O)CC(CO)N1C. The second kappa shape index (κ2) is 4.89. The van der Waals surface area contributed by atoms with Crippen molar-refractivity contribution in [1.29, 1.82) is 0 Å². The van der Waals surface area contributed by atoms with Crippen LogP contribution in [-0.2, 0) is 4.79 Å². The average Bonchev–Trinajstić information content (AvgIpc) is 2.23. The first-order valence-electron chi connectivity index (χ1n) is 4.93. The van der Waals surface area contributed by atoms with E-state index in [9.17, 15) is 15.0 Å². The number of likely N-dealkylation sites (tertiary alicyclic amines) is 1. The van der Waals surface area contributed by atoms with Crippen molar-refractivity contribution in [3.8, 4) is 0 Å². The van der Waals surface area contributed by atoms with Gasteiger partial charge >= 0.3 is 0 Å². The highest BCUT2D eigenvalue weighted by atomic mass is 16.3. The predicted octanol–water partition coefficient (Wildman–Crippen LogP) is -2.48. The molecule has 1 aliphatic heterocycles. The number of amides is 1. The summed E-state index contributed by atoms with van der Waals surface area (Å²) in [4.78, 5) is 13.1. The molecule has 6 heteroatoms. The minimum absolute atomic E-state index is 0.145. The molecule has 0 aromatic carbocycles. The van der Waals surface area contributed by atoms with Gasteiger partial charge in [-0.25, -0.2) is 0 Å². The Morgan fingerprint density at radius 3 is 2.60 bits per heavy atom. The maximum absolute atomic E-state index is 11.5. The van der Waals surface area contributed by atoms with Crippen molar-refractivity contribution in [2.45, 2.75) is 30.7 Å². The summed E-state index contributed by atoms with van der Waals surface area (Å²) in [5.41, 5.74) is 0. The van der Waals surface area contributed by atoms with Crippen molar-refractivity contribution in [3.05, 3.63) is 0 Å². The summed E-state index contributed by atoms with van der Waals surface area (Å²) in [7, 11) is 3.12. The average molecular weight is 218 g/mol. The van der Waals surface area contributed by atoms with E-state index in [4.69, 9.17) is 5.11 Å². The van der Waals surface area contributed by atoms with E-state index in [2.05, 4.69) is 5.32 Å². The molecular weight excluding hydrogens is 200 g/mol. The molecule has 88 valence electrons. The zero-order valence-corrected chi connectivity index (χ0v) is 8.92. The summed E-state index contributed by atoms with van der Waals surface area (Å²) in [6.07, 6.45) is -1.82. The van der Waals surface area contributed by atoms with Crippen LogP contribution < -0.4 is 5.32 Å². The van der Waals surface area contributed by atoms with Crippen molar-refractivity contribution in [2.24, 2.45) is 0 Å². The van der Waals surface area contributed by atoms with E-state index in [1.54, 1.807) is 11.9 Å². The zero-order chi connectivity index (χ0) is 11.6. The number of piperidine rings is 1. The monoisotopic (exact) mass is 218 g/mol. The van der Waals surface area contributed by atoms with Crippen LogP contribution in [0.4, 0.5) is 0 Å². The predicted molar refractivity (Wildman–Crippen MR) is 53.1 cm³/mol. The van der Waals surface area contributed by atoms with Gasteiger partial charge in [0.2, 0.25) is 5.91 Å². The first-order chi connectivity index (χ1) is 7.02. The molecule has 0 saturated carbocycles. The third-order valence-corrected chi connectivity index (χ3v) is 2.97. The fraction of sp³-hybridized carbons (Fsp3) is 0.889. The highest BCUT2D eigenvalue weighted by Gasteiger charge is 2.42. The Kier molecular flexibility index (Phi) is 4.04. The summed E-state index contributed by atoms with van der Waals surface area (Å²) >= 11 is 0. The van der Waals surface area contributed by atoms with Crippen LogP contribution >= 0.6 is 0 Å². The van der Waals surface area contributed by atoms with Gasteiger partial charge in [0.1, 0.15) is 12.1 Å². The lowest BCUT2D eigenvalue weighted by Crippen LogP contribution is -2.63. The Morgan fingerprint density at radius 2 is 2.13 bits per heavy atom. The molecule has 15 heavy (non-hydrogen) atoms. The van der Waals surface area contributed by atoms with Gasteiger partial charge < -0.3 is 20.6 Å². The Balaban J connectivity index is 2.84. The molecule has 0 aromatic heterocycles. The van der Waals surface area contributed by atoms with Crippen LogP contribution in [0.1, 0.15) is 6.42 Å². The first-order valence-corrected chi connectivity index (χ1v) is 4.93. The van der Waals surface area contributed by atoms with Crippen LogP contribution in [-0.4, -0.2) is 71.1 Å². The molecule has 0 radical (unpaired) electrons. The fourth-order valence-electron chi connectivity index (χ4n) is 1.95. The van der Waals surface area contributed by atoms with Gasteiger partial charge in [-0.2, -0.15) is 0 Å². The lowest BCUT2D eigenvalue weighted by molar-refractivity contribution is -0.145. The van der Waals surface area contributed by atoms with Gasteiger partial charge in [0.25, 0.3) is 0 Å². The van der Waals surface area contributed by atoms with Crippen molar-refractivity contribution in [2.75, 3.05) is 20.7 Å². The number of hydrogen-bond acceptors (Lipinski definition) is 5. The van der Waals surface area contributed by atoms with E-state index < -0.39 is 18.2 Å². The van der Waals surface area contributed by atoms with Gasteiger partial charge in [-0.15, -0.1) is 0 Å². The molecule has 1 fully saturated rings. The van der Waals surface area contributed by atoms with Crippen molar-refractivity contribution in [1.82, 2.24) is 10.2 Å². The molecule has 4 N–H and O–H groups in total. The summed E-state index contributed by atoms with van der Waals surface area (Å²) in [6, 6.07) is -1.11. The summed E-state index contributed by atoms with van der Waals surface area (Å²) in [5, 5.41) is 30.7. The van der Waals surface area contributed by atoms with Gasteiger partial charge in [-0.05, 0) is 13.5 Å². The van der Waals surface area contributed by atoms with Gasteiger partial charge in [0.15, 0.2) is 0 Å². The number of nitrogens with zero attached hydrogens (tertiary/aromatic N) is 1. The molecule has 1 saturated heterocycles. The molecule has 0 bridgehead atoms. The molecule has 1 aliphatic rings. The molecule has 1 amide bonds. The molecule has 0 aromatic rings. The third-order valence-electron chi connectivity index (χ3n) is 2.97. The van der Waals surface area contributed by atoms with Gasteiger partial charge in [-0.3, -0.25) is 9.69 Å². The smallest absolute Gasteiger partial charge is 0.239 e.